The number of hydrogen-bond acceptors (Lipinski definition) is 4. The first kappa shape index (κ1) is 16.6. The van der Waals surface area contributed by atoms with Crippen molar-refractivity contribution in [3.8, 4) is 11.5 Å². The maximum absolute atomic E-state index is 12.1. The Balaban J connectivity index is 1.87. The summed E-state index contributed by atoms with van der Waals surface area (Å²) >= 11 is 0. The monoisotopic (exact) mass is 306 g/mol. The Kier molecular flexibility index (Phi) is 6.07. The standard InChI is InChI=1S/C17H26N2O3/c1-12-11-18-7-6-16(12)19-17(20)5-4-13-8-14(21-2)10-15(9-13)22-3/h8-10,12,16,18H,4-7,11H2,1-3H3,(H,19,20). The molecule has 1 aliphatic rings. The van der Waals surface area contributed by atoms with Crippen LogP contribution in [-0.2, 0) is 11.2 Å². The van der Waals surface area contributed by atoms with E-state index in [1.165, 1.54) is 0 Å². The molecule has 1 heterocycles. The van der Waals surface area contributed by atoms with Gasteiger partial charge in [0.1, 0.15) is 11.5 Å². The molecule has 0 bridgehead atoms. The molecule has 1 saturated heterocycles. The van der Waals surface area contributed by atoms with E-state index in [-0.39, 0.29) is 11.9 Å². The summed E-state index contributed by atoms with van der Waals surface area (Å²) in [6, 6.07) is 6.01. The lowest BCUT2D eigenvalue weighted by molar-refractivity contribution is -0.122. The van der Waals surface area contributed by atoms with Crippen LogP contribution in [0, 0.1) is 5.92 Å². The van der Waals surface area contributed by atoms with Crippen molar-refractivity contribution in [2.75, 3.05) is 27.3 Å². The Labute approximate surface area is 132 Å². The highest BCUT2D eigenvalue weighted by molar-refractivity contribution is 5.76. The molecule has 2 unspecified atom stereocenters. The number of piperidine rings is 1. The Bertz CT molecular complexity index is 482. The third-order valence-electron chi connectivity index (χ3n) is 4.18. The molecule has 22 heavy (non-hydrogen) atoms. The van der Waals surface area contributed by atoms with Gasteiger partial charge in [0, 0.05) is 18.5 Å². The Morgan fingerprint density at radius 1 is 1.27 bits per heavy atom. The smallest absolute Gasteiger partial charge is 0.220 e. The molecule has 0 aliphatic carbocycles. The number of ether oxygens (including phenoxy) is 2. The molecular formula is C17H26N2O3. The minimum absolute atomic E-state index is 0.112. The molecule has 2 rings (SSSR count). The van der Waals surface area contributed by atoms with Crippen molar-refractivity contribution in [1.29, 1.82) is 0 Å². The molecule has 2 N–H and O–H groups in total. The number of amides is 1. The van der Waals surface area contributed by atoms with Gasteiger partial charge in [-0.15, -0.1) is 0 Å². The van der Waals surface area contributed by atoms with Gasteiger partial charge in [0.25, 0.3) is 0 Å². The molecule has 1 amide bonds. The predicted molar refractivity (Wildman–Crippen MR) is 86.4 cm³/mol. The average molecular weight is 306 g/mol. The molecule has 2 atom stereocenters. The SMILES string of the molecule is COc1cc(CCC(=O)NC2CCNCC2C)cc(OC)c1. The molecular weight excluding hydrogens is 280 g/mol. The minimum atomic E-state index is 0.112. The number of methoxy groups -OCH3 is 2. The largest absolute Gasteiger partial charge is 0.497 e. The molecule has 0 saturated carbocycles. The molecule has 1 aliphatic heterocycles. The summed E-state index contributed by atoms with van der Waals surface area (Å²) in [6.07, 6.45) is 2.16. The quantitative estimate of drug-likeness (QED) is 0.840. The molecule has 122 valence electrons. The third kappa shape index (κ3) is 4.63. The summed E-state index contributed by atoms with van der Waals surface area (Å²) in [4.78, 5) is 12.1. The maximum atomic E-state index is 12.1. The molecule has 0 aromatic heterocycles. The number of rotatable bonds is 6. The van der Waals surface area contributed by atoms with Gasteiger partial charge < -0.3 is 20.1 Å². The van der Waals surface area contributed by atoms with Gasteiger partial charge in [0.2, 0.25) is 5.91 Å². The summed E-state index contributed by atoms with van der Waals surface area (Å²) in [7, 11) is 3.26. The summed E-state index contributed by atoms with van der Waals surface area (Å²) in [5.41, 5.74) is 1.05. The van der Waals surface area contributed by atoms with E-state index in [1.54, 1.807) is 14.2 Å². The summed E-state index contributed by atoms with van der Waals surface area (Å²) in [5.74, 6) is 2.10. The Hall–Kier alpha value is -1.75. The topological polar surface area (TPSA) is 59.6 Å². The van der Waals surface area contributed by atoms with Gasteiger partial charge in [-0.3, -0.25) is 4.79 Å². The van der Waals surface area contributed by atoms with Crippen LogP contribution in [0.2, 0.25) is 0 Å². The van der Waals surface area contributed by atoms with Crippen LogP contribution in [0.3, 0.4) is 0 Å². The summed E-state index contributed by atoms with van der Waals surface area (Å²) in [6.45, 7) is 4.12. The van der Waals surface area contributed by atoms with Crippen LogP contribution in [-0.4, -0.2) is 39.3 Å². The van der Waals surface area contributed by atoms with Crippen molar-refractivity contribution < 1.29 is 14.3 Å². The fourth-order valence-electron chi connectivity index (χ4n) is 2.78. The third-order valence-corrected chi connectivity index (χ3v) is 4.18. The van der Waals surface area contributed by atoms with E-state index in [0.29, 0.717) is 18.8 Å². The second kappa shape index (κ2) is 8.03. The number of benzene rings is 1. The van der Waals surface area contributed by atoms with Crippen molar-refractivity contribution in [1.82, 2.24) is 10.6 Å². The Morgan fingerprint density at radius 3 is 2.55 bits per heavy atom. The number of carbonyl (C=O) groups excluding carboxylic acids is 1. The predicted octanol–water partition coefficient (Wildman–Crippen LogP) is 1.75. The van der Waals surface area contributed by atoms with Crippen LogP contribution >= 0.6 is 0 Å². The highest BCUT2D eigenvalue weighted by Crippen LogP contribution is 2.23. The fourth-order valence-corrected chi connectivity index (χ4v) is 2.78. The molecule has 5 nitrogen and oxygen atoms in total. The fraction of sp³-hybridized carbons (Fsp3) is 0.588. The minimum Gasteiger partial charge on any atom is -0.497 e. The van der Waals surface area contributed by atoms with Gasteiger partial charge in [-0.1, -0.05) is 6.92 Å². The van der Waals surface area contributed by atoms with E-state index in [1.807, 2.05) is 18.2 Å². The van der Waals surface area contributed by atoms with Crippen LogP contribution in [0.15, 0.2) is 18.2 Å². The molecule has 1 fully saturated rings. The zero-order valence-electron chi connectivity index (χ0n) is 13.6. The highest BCUT2D eigenvalue weighted by atomic mass is 16.5. The van der Waals surface area contributed by atoms with Crippen LogP contribution in [0.25, 0.3) is 0 Å². The van der Waals surface area contributed by atoms with Crippen LogP contribution in [0.5, 0.6) is 11.5 Å². The molecule has 0 radical (unpaired) electrons. The first-order valence-electron chi connectivity index (χ1n) is 7.84. The van der Waals surface area contributed by atoms with Crippen molar-refractivity contribution in [2.45, 2.75) is 32.2 Å². The van der Waals surface area contributed by atoms with Crippen molar-refractivity contribution in [3.05, 3.63) is 23.8 Å². The summed E-state index contributed by atoms with van der Waals surface area (Å²) in [5, 5.41) is 6.50. The highest BCUT2D eigenvalue weighted by Gasteiger charge is 2.22. The first-order valence-corrected chi connectivity index (χ1v) is 7.84. The summed E-state index contributed by atoms with van der Waals surface area (Å²) < 4.78 is 10.5. The van der Waals surface area contributed by atoms with E-state index < -0.39 is 0 Å². The van der Waals surface area contributed by atoms with Gasteiger partial charge in [-0.05, 0) is 49.5 Å². The second-order valence-electron chi connectivity index (χ2n) is 5.87. The van der Waals surface area contributed by atoms with Crippen LogP contribution in [0.1, 0.15) is 25.3 Å². The lowest BCUT2D eigenvalue weighted by Gasteiger charge is -2.30. The van der Waals surface area contributed by atoms with E-state index in [9.17, 15) is 4.79 Å². The molecule has 5 heteroatoms. The molecule has 0 spiro atoms. The first-order chi connectivity index (χ1) is 10.6. The molecule has 1 aromatic rings. The Morgan fingerprint density at radius 2 is 1.95 bits per heavy atom. The van der Waals surface area contributed by atoms with Crippen LogP contribution in [0.4, 0.5) is 0 Å². The normalized spacial score (nSPS) is 21.2. The van der Waals surface area contributed by atoms with E-state index >= 15 is 0 Å². The van der Waals surface area contributed by atoms with E-state index in [4.69, 9.17) is 9.47 Å². The van der Waals surface area contributed by atoms with Gasteiger partial charge >= 0.3 is 0 Å². The van der Waals surface area contributed by atoms with Gasteiger partial charge in [-0.25, -0.2) is 0 Å². The zero-order valence-corrected chi connectivity index (χ0v) is 13.6. The number of carbonyl (C=O) groups is 1. The number of hydrogen-bond donors (Lipinski definition) is 2. The maximum Gasteiger partial charge on any atom is 0.220 e. The van der Waals surface area contributed by atoms with E-state index in [0.717, 1.165) is 36.6 Å². The van der Waals surface area contributed by atoms with Gasteiger partial charge in [-0.2, -0.15) is 0 Å². The zero-order chi connectivity index (χ0) is 15.9. The van der Waals surface area contributed by atoms with Crippen molar-refractivity contribution >= 4 is 5.91 Å². The lowest BCUT2D eigenvalue weighted by Crippen LogP contribution is -2.48. The van der Waals surface area contributed by atoms with Crippen molar-refractivity contribution in [3.63, 3.8) is 0 Å². The average Bonchev–Trinajstić information content (AvgIpc) is 2.54. The van der Waals surface area contributed by atoms with Crippen LogP contribution < -0.4 is 20.1 Å². The number of nitrogens with one attached hydrogen (secondary N) is 2. The van der Waals surface area contributed by atoms with E-state index in [2.05, 4.69) is 17.6 Å². The van der Waals surface area contributed by atoms with Crippen molar-refractivity contribution in [2.24, 2.45) is 5.92 Å². The van der Waals surface area contributed by atoms with Gasteiger partial charge in [0.15, 0.2) is 0 Å². The number of aryl methyl sites for hydroxylation is 1. The second-order valence-corrected chi connectivity index (χ2v) is 5.87. The molecule has 1 aromatic carbocycles. The van der Waals surface area contributed by atoms with Gasteiger partial charge in [0.05, 0.1) is 14.2 Å². The lowest BCUT2D eigenvalue weighted by atomic mass is 9.95.